The second-order valence-electron chi connectivity index (χ2n) is 6.60. The third-order valence-corrected chi connectivity index (χ3v) is 4.86. The third kappa shape index (κ3) is 5.03. The Hall–Kier alpha value is -3.02. The van der Waals surface area contributed by atoms with Crippen LogP contribution in [0.1, 0.15) is 25.0 Å². The number of rotatable bonds is 7. The van der Waals surface area contributed by atoms with Crippen molar-refractivity contribution in [3.63, 3.8) is 0 Å². The molecule has 0 atom stereocenters. The SMILES string of the molecule is CC(C)CNc1cc(Sc2cc(C#N)ccc2-c2ncc(CN)cn2)cnn1. The average Bonchev–Trinajstić information content (AvgIpc) is 2.72. The zero-order chi connectivity index (χ0) is 19.9. The maximum atomic E-state index is 9.29. The number of benzene rings is 1. The van der Waals surface area contributed by atoms with Crippen LogP contribution in [0.2, 0.25) is 0 Å². The van der Waals surface area contributed by atoms with Gasteiger partial charge in [0.15, 0.2) is 5.82 Å². The van der Waals surface area contributed by atoms with Crippen molar-refractivity contribution in [3.05, 3.63) is 54.0 Å². The maximum absolute atomic E-state index is 9.29. The molecule has 0 bridgehead atoms. The zero-order valence-corrected chi connectivity index (χ0v) is 16.6. The summed E-state index contributed by atoms with van der Waals surface area (Å²) in [5, 5.41) is 20.8. The fourth-order valence-electron chi connectivity index (χ4n) is 2.39. The van der Waals surface area contributed by atoms with Crippen LogP contribution in [0.4, 0.5) is 5.82 Å². The monoisotopic (exact) mass is 391 g/mol. The Morgan fingerprint density at radius 3 is 2.64 bits per heavy atom. The largest absolute Gasteiger partial charge is 0.368 e. The molecule has 3 N–H and O–H groups in total. The molecule has 3 rings (SSSR count). The Morgan fingerprint density at radius 2 is 1.96 bits per heavy atom. The van der Waals surface area contributed by atoms with Crippen LogP contribution in [-0.4, -0.2) is 26.7 Å². The molecule has 0 saturated carbocycles. The number of nitriles is 1. The van der Waals surface area contributed by atoms with Crippen molar-refractivity contribution in [2.45, 2.75) is 30.2 Å². The van der Waals surface area contributed by atoms with Gasteiger partial charge in [-0.05, 0) is 30.2 Å². The number of aromatic nitrogens is 4. The van der Waals surface area contributed by atoms with Gasteiger partial charge in [-0.3, -0.25) is 0 Å². The molecule has 8 heteroatoms. The van der Waals surface area contributed by atoms with Crippen molar-refractivity contribution < 1.29 is 0 Å². The molecule has 2 heterocycles. The Morgan fingerprint density at radius 1 is 1.18 bits per heavy atom. The van der Waals surface area contributed by atoms with Gasteiger partial charge >= 0.3 is 0 Å². The average molecular weight is 392 g/mol. The Kier molecular flexibility index (Phi) is 6.53. The van der Waals surface area contributed by atoms with Crippen LogP contribution < -0.4 is 11.1 Å². The van der Waals surface area contributed by atoms with Gasteiger partial charge in [0.1, 0.15) is 5.82 Å². The standard InChI is InChI=1S/C20H21N7S/c1-13(2)9-23-19-6-16(12-26-27-19)28-18-5-14(7-21)3-4-17(18)20-24-10-15(8-22)11-25-20/h3-6,10-13H,8-9,22H2,1-2H3,(H,23,27). The van der Waals surface area contributed by atoms with Crippen molar-refractivity contribution >= 4 is 17.6 Å². The lowest BCUT2D eigenvalue weighted by Crippen LogP contribution is -2.09. The van der Waals surface area contributed by atoms with Gasteiger partial charge in [-0.15, -0.1) is 5.10 Å². The van der Waals surface area contributed by atoms with Crippen molar-refractivity contribution in [1.82, 2.24) is 20.2 Å². The number of hydrogen-bond donors (Lipinski definition) is 2. The van der Waals surface area contributed by atoms with Crippen LogP contribution >= 0.6 is 11.8 Å². The number of anilines is 1. The van der Waals surface area contributed by atoms with E-state index >= 15 is 0 Å². The second kappa shape index (κ2) is 9.26. The Bertz CT molecular complexity index is 981. The molecule has 0 aliphatic carbocycles. The van der Waals surface area contributed by atoms with E-state index in [0.29, 0.717) is 23.9 Å². The van der Waals surface area contributed by atoms with E-state index in [1.54, 1.807) is 24.7 Å². The van der Waals surface area contributed by atoms with Crippen molar-refractivity contribution in [2.75, 3.05) is 11.9 Å². The summed E-state index contributed by atoms with van der Waals surface area (Å²) >= 11 is 1.50. The summed E-state index contributed by atoms with van der Waals surface area (Å²) in [5.74, 6) is 1.82. The normalized spacial score (nSPS) is 10.7. The molecule has 7 nitrogen and oxygen atoms in total. The van der Waals surface area contributed by atoms with E-state index in [-0.39, 0.29) is 0 Å². The lowest BCUT2D eigenvalue weighted by Gasteiger charge is -2.11. The maximum Gasteiger partial charge on any atom is 0.160 e. The quantitative estimate of drug-likeness (QED) is 0.629. The predicted molar refractivity (Wildman–Crippen MR) is 110 cm³/mol. The molecule has 0 aliphatic heterocycles. The van der Waals surface area contributed by atoms with E-state index in [9.17, 15) is 5.26 Å². The molecular weight excluding hydrogens is 370 g/mol. The summed E-state index contributed by atoms with van der Waals surface area (Å²) in [6, 6.07) is 9.59. The fraction of sp³-hybridized carbons (Fsp3) is 0.250. The first-order chi connectivity index (χ1) is 13.6. The first kappa shape index (κ1) is 19.7. The highest BCUT2D eigenvalue weighted by molar-refractivity contribution is 7.99. The first-order valence-corrected chi connectivity index (χ1v) is 9.70. The highest BCUT2D eigenvalue weighted by Crippen LogP contribution is 2.35. The summed E-state index contributed by atoms with van der Waals surface area (Å²) in [7, 11) is 0. The molecule has 0 unspecified atom stereocenters. The molecule has 0 radical (unpaired) electrons. The van der Waals surface area contributed by atoms with Gasteiger partial charge in [0, 0.05) is 46.4 Å². The summed E-state index contributed by atoms with van der Waals surface area (Å²) in [6.07, 6.45) is 5.14. The summed E-state index contributed by atoms with van der Waals surface area (Å²) in [5.41, 5.74) is 7.92. The van der Waals surface area contributed by atoms with Crippen molar-refractivity contribution in [3.8, 4) is 17.5 Å². The first-order valence-electron chi connectivity index (χ1n) is 8.89. The molecule has 0 saturated heterocycles. The van der Waals surface area contributed by atoms with E-state index in [1.165, 1.54) is 11.8 Å². The van der Waals surface area contributed by atoms with Crippen molar-refractivity contribution in [1.29, 1.82) is 5.26 Å². The molecule has 2 aromatic heterocycles. The van der Waals surface area contributed by atoms with Crippen LogP contribution in [0.3, 0.4) is 0 Å². The van der Waals surface area contributed by atoms with E-state index in [2.05, 4.69) is 45.4 Å². The number of nitrogens with two attached hydrogens (primary N) is 1. The molecule has 3 aromatic rings. The second-order valence-corrected chi connectivity index (χ2v) is 7.71. The van der Waals surface area contributed by atoms with E-state index in [4.69, 9.17) is 5.73 Å². The molecule has 0 amide bonds. The van der Waals surface area contributed by atoms with E-state index < -0.39 is 0 Å². The van der Waals surface area contributed by atoms with Gasteiger partial charge in [-0.25, -0.2) is 9.97 Å². The zero-order valence-electron chi connectivity index (χ0n) is 15.8. The van der Waals surface area contributed by atoms with Crippen LogP contribution in [0.25, 0.3) is 11.4 Å². The van der Waals surface area contributed by atoms with Crippen molar-refractivity contribution in [2.24, 2.45) is 11.7 Å². The summed E-state index contributed by atoms with van der Waals surface area (Å²) < 4.78 is 0. The third-order valence-electron chi connectivity index (χ3n) is 3.84. The molecule has 28 heavy (non-hydrogen) atoms. The van der Waals surface area contributed by atoms with Gasteiger partial charge in [0.25, 0.3) is 0 Å². The fourth-order valence-corrected chi connectivity index (χ4v) is 3.37. The lowest BCUT2D eigenvalue weighted by molar-refractivity contribution is 0.685. The minimum Gasteiger partial charge on any atom is -0.368 e. The summed E-state index contributed by atoms with van der Waals surface area (Å²) in [4.78, 5) is 10.6. The van der Waals surface area contributed by atoms with Gasteiger partial charge in [-0.2, -0.15) is 10.4 Å². The Balaban J connectivity index is 1.92. The molecule has 0 aliphatic rings. The van der Waals surface area contributed by atoms with Crippen LogP contribution in [-0.2, 0) is 6.54 Å². The van der Waals surface area contributed by atoms with Gasteiger partial charge in [0.05, 0.1) is 17.8 Å². The molecule has 0 fully saturated rings. The van der Waals surface area contributed by atoms with E-state index in [0.717, 1.165) is 33.3 Å². The topological polar surface area (TPSA) is 113 Å². The molecule has 0 spiro atoms. The van der Waals surface area contributed by atoms with Crippen LogP contribution in [0.15, 0.2) is 52.6 Å². The predicted octanol–water partition coefficient (Wildman–Crippen LogP) is 3.48. The molecule has 1 aromatic carbocycles. The number of nitrogens with one attached hydrogen (secondary N) is 1. The van der Waals surface area contributed by atoms with Gasteiger partial charge < -0.3 is 11.1 Å². The highest BCUT2D eigenvalue weighted by Gasteiger charge is 2.12. The van der Waals surface area contributed by atoms with Gasteiger partial charge in [-0.1, -0.05) is 25.6 Å². The Labute approximate surface area is 168 Å². The van der Waals surface area contributed by atoms with E-state index in [1.807, 2.05) is 18.2 Å². The lowest BCUT2D eigenvalue weighted by atomic mass is 10.1. The van der Waals surface area contributed by atoms with Crippen LogP contribution in [0, 0.1) is 17.2 Å². The highest BCUT2D eigenvalue weighted by atomic mass is 32.2. The van der Waals surface area contributed by atoms with Gasteiger partial charge in [0.2, 0.25) is 0 Å². The number of hydrogen-bond acceptors (Lipinski definition) is 8. The molecule has 142 valence electrons. The molecular formula is C20H21N7S. The summed E-state index contributed by atoms with van der Waals surface area (Å²) in [6.45, 7) is 5.48. The number of nitrogens with zero attached hydrogens (tertiary/aromatic N) is 5. The smallest absolute Gasteiger partial charge is 0.160 e. The van der Waals surface area contributed by atoms with Crippen LogP contribution in [0.5, 0.6) is 0 Å². The minimum atomic E-state index is 0.393. The minimum absolute atomic E-state index is 0.393.